The summed E-state index contributed by atoms with van der Waals surface area (Å²) in [6, 6.07) is 0. The molecule has 1 fully saturated rings. The van der Waals surface area contributed by atoms with Gasteiger partial charge in [0.05, 0.1) is 5.60 Å². The van der Waals surface area contributed by atoms with E-state index in [1.54, 1.807) is 0 Å². The summed E-state index contributed by atoms with van der Waals surface area (Å²) in [6.45, 7) is 4.14. The zero-order valence-electron chi connectivity index (χ0n) is 10.4. The molecule has 2 heteroatoms. The van der Waals surface area contributed by atoms with Crippen LogP contribution in [0.4, 0.5) is 0 Å². The monoisotopic (exact) mass is 213 g/mol. The lowest BCUT2D eigenvalue weighted by molar-refractivity contribution is -0.00610. The van der Waals surface area contributed by atoms with Crippen LogP contribution in [0.25, 0.3) is 0 Å². The third-order valence-corrected chi connectivity index (χ3v) is 3.50. The number of hydrogen-bond donors (Lipinski definition) is 2. The van der Waals surface area contributed by atoms with Gasteiger partial charge in [0.25, 0.3) is 0 Å². The molecule has 15 heavy (non-hydrogen) atoms. The van der Waals surface area contributed by atoms with Gasteiger partial charge < -0.3 is 10.8 Å². The van der Waals surface area contributed by atoms with Gasteiger partial charge in [-0.1, -0.05) is 32.1 Å². The van der Waals surface area contributed by atoms with E-state index in [1.165, 1.54) is 19.3 Å². The summed E-state index contributed by atoms with van der Waals surface area (Å²) >= 11 is 0. The van der Waals surface area contributed by atoms with E-state index in [0.29, 0.717) is 0 Å². The van der Waals surface area contributed by atoms with E-state index in [0.717, 1.165) is 38.5 Å². The van der Waals surface area contributed by atoms with Crippen molar-refractivity contribution in [2.75, 3.05) is 0 Å². The van der Waals surface area contributed by atoms with E-state index in [2.05, 4.69) is 13.8 Å². The van der Waals surface area contributed by atoms with Crippen LogP contribution in [0.1, 0.15) is 71.6 Å². The molecule has 3 N–H and O–H groups in total. The minimum atomic E-state index is -0.336. The Balaban J connectivity index is 2.13. The second-order valence-electron chi connectivity index (χ2n) is 5.98. The van der Waals surface area contributed by atoms with Crippen molar-refractivity contribution < 1.29 is 5.11 Å². The van der Waals surface area contributed by atoms with Crippen LogP contribution in [0, 0.1) is 0 Å². The summed E-state index contributed by atoms with van der Waals surface area (Å²) < 4.78 is 0. The lowest BCUT2D eigenvalue weighted by atomic mass is 9.81. The van der Waals surface area contributed by atoms with E-state index in [-0.39, 0.29) is 11.1 Å². The molecule has 1 aliphatic rings. The highest BCUT2D eigenvalue weighted by Gasteiger charge is 2.28. The average molecular weight is 213 g/mol. The standard InChI is InChI=1S/C13H27NO/c1-12(2,14)8-6-7-11-13(15)9-4-3-5-10-13/h15H,3-11,14H2,1-2H3. The highest BCUT2D eigenvalue weighted by molar-refractivity contribution is 4.82. The van der Waals surface area contributed by atoms with Crippen LogP contribution in [0.15, 0.2) is 0 Å². The molecule has 90 valence electrons. The van der Waals surface area contributed by atoms with Gasteiger partial charge in [-0.2, -0.15) is 0 Å². The summed E-state index contributed by atoms with van der Waals surface area (Å²) in [7, 11) is 0. The molecule has 0 aliphatic heterocycles. The van der Waals surface area contributed by atoms with Gasteiger partial charge in [-0.25, -0.2) is 0 Å². The van der Waals surface area contributed by atoms with Gasteiger partial charge in [0.2, 0.25) is 0 Å². The second-order valence-corrected chi connectivity index (χ2v) is 5.98. The zero-order valence-corrected chi connectivity index (χ0v) is 10.4. The van der Waals surface area contributed by atoms with Crippen molar-refractivity contribution in [1.29, 1.82) is 0 Å². The van der Waals surface area contributed by atoms with Gasteiger partial charge in [-0.3, -0.25) is 0 Å². The van der Waals surface area contributed by atoms with Gasteiger partial charge in [0.15, 0.2) is 0 Å². The van der Waals surface area contributed by atoms with Crippen LogP contribution >= 0.6 is 0 Å². The molecule has 0 aromatic rings. The first kappa shape index (κ1) is 13.0. The molecule has 1 saturated carbocycles. The molecule has 0 amide bonds. The van der Waals surface area contributed by atoms with Crippen molar-refractivity contribution in [3.05, 3.63) is 0 Å². The van der Waals surface area contributed by atoms with Crippen molar-refractivity contribution in [3.8, 4) is 0 Å². The van der Waals surface area contributed by atoms with Crippen molar-refractivity contribution in [2.45, 2.75) is 82.8 Å². The minimum absolute atomic E-state index is 0.0464. The van der Waals surface area contributed by atoms with Crippen molar-refractivity contribution in [1.82, 2.24) is 0 Å². The average Bonchev–Trinajstić information content (AvgIpc) is 2.12. The van der Waals surface area contributed by atoms with E-state index >= 15 is 0 Å². The van der Waals surface area contributed by atoms with Crippen LogP contribution < -0.4 is 5.73 Å². The first-order valence-electron chi connectivity index (χ1n) is 6.43. The van der Waals surface area contributed by atoms with Gasteiger partial charge in [-0.05, 0) is 39.5 Å². The highest BCUT2D eigenvalue weighted by atomic mass is 16.3. The highest BCUT2D eigenvalue weighted by Crippen LogP contribution is 2.32. The fourth-order valence-corrected chi connectivity index (χ4v) is 2.49. The van der Waals surface area contributed by atoms with Crippen molar-refractivity contribution >= 4 is 0 Å². The van der Waals surface area contributed by atoms with Crippen molar-refractivity contribution in [2.24, 2.45) is 5.73 Å². The summed E-state index contributed by atoms with van der Waals surface area (Å²) in [5.74, 6) is 0. The number of rotatable bonds is 5. The molecule has 1 rings (SSSR count). The quantitative estimate of drug-likeness (QED) is 0.690. The molecule has 0 unspecified atom stereocenters. The summed E-state index contributed by atoms with van der Waals surface area (Å²) in [5, 5.41) is 10.3. The maximum Gasteiger partial charge on any atom is 0.0647 e. The van der Waals surface area contributed by atoms with E-state index in [1.807, 2.05) is 0 Å². The number of hydrogen-bond acceptors (Lipinski definition) is 2. The van der Waals surface area contributed by atoms with E-state index in [9.17, 15) is 5.11 Å². The van der Waals surface area contributed by atoms with Gasteiger partial charge in [0, 0.05) is 5.54 Å². The van der Waals surface area contributed by atoms with Crippen LogP contribution in [0.5, 0.6) is 0 Å². The maximum atomic E-state index is 10.3. The SMILES string of the molecule is CC(C)(N)CCCCC1(O)CCCCC1. The van der Waals surface area contributed by atoms with Crippen LogP contribution in [-0.4, -0.2) is 16.2 Å². The van der Waals surface area contributed by atoms with Gasteiger partial charge in [-0.15, -0.1) is 0 Å². The molecule has 0 atom stereocenters. The lowest BCUT2D eigenvalue weighted by Crippen LogP contribution is -2.33. The van der Waals surface area contributed by atoms with Gasteiger partial charge >= 0.3 is 0 Å². The van der Waals surface area contributed by atoms with E-state index < -0.39 is 0 Å². The molecule has 0 aromatic carbocycles. The number of aliphatic hydroxyl groups is 1. The molecule has 1 aliphatic carbocycles. The lowest BCUT2D eigenvalue weighted by Gasteiger charge is -2.32. The Hall–Kier alpha value is -0.0800. The fraction of sp³-hybridized carbons (Fsp3) is 1.00. The second kappa shape index (κ2) is 5.31. The molecule has 0 saturated heterocycles. The number of nitrogens with two attached hydrogens (primary N) is 1. The Morgan fingerprint density at radius 3 is 2.27 bits per heavy atom. The Kier molecular flexibility index (Phi) is 4.60. The normalized spacial score (nSPS) is 21.6. The number of unbranched alkanes of at least 4 members (excludes halogenated alkanes) is 1. The Morgan fingerprint density at radius 2 is 1.73 bits per heavy atom. The molecular formula is C13H27NO. The first-order valence-corrected chi connectivity index (χ1v) is 6.43. The molecule has 0 spiro atoms. The summed E-state index contributed by atoms with van der Waals surface area (Å²) in [5.41, 5.74) is 5.54. The molecule has 0 bridgehead atoms. The molecule has 2 nitrogen and oxygen atoms in total. The zero-order chi connectivity index (χ0) is 11.4. The summed E-state index contributed by atoms with van der Waals surface area (Å²) in [4.78, 5) is 0. The maximum absolute atomic E-state index is 10.3. The van der Waals surface area contributed by atoms with Gasteiger partial charge in [0.1, 0.15) is 0 Å². The topological polar surface area (TPSA) is 46.2 Å². The Morgan fingerprint density at radius 1 is 1.13 bits per heavy atom. The molecule has 0 heterocycles. The predicted molar refractivity (Wildman–Crippen MR) is 64.8 cm³/mol. The van der Waals surface area contributed by atoms with Crippen LogP contribution in [-0.2, 0) is 0 Å². The Labute approximate surface area is 94.2 Å². The first-order chi connectivity index (χ1) is 6.91. The fourth-order valence-electron chi connectivity index (χ4n) is 2.49. The Bertz CT molecular complexity index is 177. The molecule has 0 aromatic heterocycles. The van der Waals surface area contributed by atoms with Crippen LogP contribution in [0.2, 0.25) is 0 Å². The third-order valence-electron chi connectivity index (χ3n) is 3.50. The minimum Gasteiger partial charge on any atom is -0.390 e. The largest absolute Gasteiger partial charge is 0.390 e. The molecular weight excluding hydrogens is 186 g/mol. The van der Waals surface area contributed by atoms with E-state index in [4.69, 9.17) is 5.73 Å². The third kappa shape index (κ3) is 5.53. The van der Waals surface area contributed by atoms with Crippen molar-refractivity contribution in [3.63, 3.8) is 0 Å². The molecule has 0 radical (unpaired) electrons. The van der Waals surface area contributed by atoms with Crippen LogP contribution in [0.3, 0.4) is 0 Å². The predicted octanol–water partition coefficient (Wildman–Crippen LogP) is 2.98. The summed E-state index contributed by atoms with van der Waals surface area (Å²) in [6.07, 6.45) is 10.0. The smallest absolute Gasteiger partial charge is 0.0647 e.